The molecule has 26 heavy (non-hydrogen) atoms. The average molecular weight is 380 g/mol. The number of benzene rings is 2. The molecule has 1 aliphatic rings. The Kier molecular flexibility index (Phi) is 6.30. The van der Waals surface area contributed by atoms with E-state index in [1.807, 2.05) is 0 Å². The minimum atomic E-state index is -0.316. The molecule has 0 unspecified atom stereocenters. The highest BCUT2D eigenvalue weighted by atomic mass is 35.5. The number of hydrogen-bond donors (Lipinski definition) is 0. The SMILES string of the molecule is O=C(COc1ccc(Cl)cc1)N1CCO[C@H](COc2ccc(F)cc2)C1. The molecule has 0 bridgehead atoms. The Morgan fingerprint density at radius 2 is 1.77 bits per heavy atom. The number of morpholine rings is 1. The number of nitrogens with zero attached hydrogens (tertiary/aromatic N) is 1. The highest BCUT2D eigenvalue weighted by molar-refractivity contribution is 6.30. The average Bonchev–Trinajstić information content (AvgIpc) is 2.67. The molecule has 1 heterocycles. The summed E-state index contributed by atoms with van der Waals surface area (Å²) in [5.41, 5.74) is 0. The van der Waals surface area contributed by atoms with Crippen LogP contribution < -0.4 is 9.47 Å². The second-order valence-electron chi connectivity index (χ2n) is 5.84. The first kappa shape index (κ1) is 18.5. The zero-order valence-corrected chi connectivity index (χ0v) is 14.8. The summed E-state index contributed by atoms with van der Waals surface area (Å²) in [6, 6.07) is 12.6. The Morgan fingerprint density at radius 3 is 2.50 bits per heavy atom. The first-order chi connectivity index (χ1) is 12.6. The van der Waals surface area contributed by atoms with E-state index in [0.29, 0.717) is 36.2 Å². The van der Waals surface area contributed by atoms with Crippen LogP contribution in [0, 0.1) is 5.82 Å². The van der Waals surface area contributed by atoms with E-state index in [1.54, 1.807) is 41.3 Å². The van der Waals surface area contributed by atoms with Gasteiger partial charge in [-0.2, -0.15) is 0 Å². The summed E-state index contributed by atoms with van der Waals surface area (Å²) < 4.78 is 29.6. The minimum Gasteiger partial charge on any atom is -0.491 e. The molecular weight excluding hydrogens is 361 g/mol. The van der Waals surface area contributed by atoms with Crippen molar-refractivity contribution in [2.24, 2.45) is 0 Å². The molecule has 1 amide bonds. The van der Waals surface area contributed by atoms with E-state index in [1.165, 1.54) is 12.1 Å². The lowest BCUT2D eigenvalue weighted by Gasteiger charge is -2.32. The summed E-state index contributed by atoms with van der Waals surface area (Å²) in [5.74, 6) is 0.718. The van der Waals surface area contributed by atoms with Gasteiger partial charge < -0.3 is 19.1 Å². The van der Waals surface area contributed by atoms with Crippen molar-refractivity contribution in [3.8, 4) is 11.5 Å². The number of carbonyl (C=O) groups excluding carboxylic acids is 1. The van der Waals surface area contributed by atoms with Crippen LogP contribution in [-0.2, 0) is 9.53 Å². The molecule has 1 aliphatic heterocycles. The standard InChI is InChI=1S/C19H19ClFNO4/c20-14-1-5-16(6-2-14)26-13-19(23)22-9-10-24-18(11-22)12-25-17-7-3-15(21)4-8-17/h1-8,18H,9-13H2/t18-/m0/s1. The van der Waals surface area contributed by atoms with Crippen LogP contribution in [-0.4, -0.2) is 49.8 Å². The van der Waals surface area contributed by atoms with Gasteiger partial charge in [0, 0.05) is 11.6 Å². The largest absolute Gasteiger partial charge is 0.491 e. The number of rotatable bonds is 6. The van der Waals surface area contributed by atoms with E-state index in [2.05, 4.69) is 0 Å². The van der Waals surface area contributed by atoms with Crippen molar-refractivity contribution in [3.05, 3.63) is 59.4 Å². The quantitative estimate of drug-likeness (QED) is 0.773. The fourth-order valence-electron chi connectivity index (χ4n) is 2.53. The lowest BCUT2D eigenvalue weighted by atomic mass is 10.2. The predicted octanol–water partition coefficient (Wildman–Crippen LogP) is 3.16. The van der Waals surface area contributed by atoms with Crippen LogP contribution in [0.4, 0.5) is 4.39 Å². The van der Waals surface area contributed by atoms with Crippen molar-refractivity contribution in [2.45, 2.75) is 6.10 Å². The van der Waals surface area contributed by atoms with E-state index in [9.17, 15) is 9.18 Å². The number of amides is 1. The molecule has 1 saturated heterocycles. The smallest absolute Gasteiger partial charge is 0.260 e. The van der Waals surface area contributed by atoms with Gasteiger partial charge in [-0.3, -0.25) is 4.79 Å². The van der Waals surface area contributed by atoms with Gasteiger partial charge in [0.15, 0.2) is 6.61 Å². The lowest BCUT2D eigenvalue weighted by molar-refractivity contribution is -0.142. The zero-order valence-electron chi connectivity index (χ0n) is 14.1. The normalized spacial score (nSPS) is 17.0. The molecule has 0 N–H and O–H groups in total. The third-order valence-electron chi connectivity index (χ3n) is 3.92. The molecule has 7 heteroatoms. The molecule has 0 aliphatic carbocycles. The second kappa shape index (κ2) is 8.87. The van der Waals surface area contributed by atoms with Gasteiger partial charge >= 0.3 is 0 Å². The maximum Gasteiger partial charge on any atom is 0.260 e. The summed E-state index contributed by atoms with van der Waals surface area (Å²) in [7, 11) is 0. The third kappa shape index (κ3) is 5.34. The fraction of sp³-hybridized carbons (Fsp3) is 0.316. The molecule has 0 saturated carbocycles. The Balaban J connectivity index is 1.45. The molecule has 2 aromatic carbocycles. The van der Waals surface area contributed by atoms with Gasteiger partial charge in [0.25, 0.3) is 5.91 Å². The molecule has 5 nitrogen and oxygen atoms in total. The Bertz CT molecular complexity index is 723. The van der Waals surface area contributed by atoms with E-state index in [0.717, 1.165) is 0 Å². The van der Waals surface area contributed by atoms with Gasteiger partial charge in [-0.25, -0.2) is 4.39 Å². The maximum absolute atomic E-state index is 12.9. The first-order valence-corrected chi connectivity index (χ1v) is 8.64. The van der Waals surface area contributed by atoms with Crippen molar-refractivity contribution in [1.29, 1.82) is 0 Å². The molecule has 138 valence electrons. The lowest BCUT2D eigenvalue weighted by Crippen LogP contribution is -2.49. The molecule has 3 rings (SSSR count). The van der Waals surface area contributed by atoms with Crippen LogP contribution in [0.1, 0.15) is 0 Å². The second-order valence-corrected chi connectivity index (χ2v) is 6.28. The Morgan fingerprint density at radius 1 is 1.12 bits per heavy atom. The van der Waals surface area contributed by atoms with Crippen molar-refractivity contribution in [3.63, 3.8) is 0 Å². The molecular formula is C19H19ClFNO4. The van der Waals surface area contributed by atoms with E-state index >= 15 is 0 Å². The van der Waals surface area contributed by atoms with Gasteiger partial charge in [0.05, 0.1) is 13.2 Å². The third-order valence-corrected chi connectivity index (χ3v) is 4.17. The summed E-state index contributed by atoms with van der Waals surface area (Å²) in [4.78, 5) is 14.0. The zero-order chi connectivity index (χ0) is 18.4. The van der Waals surface area contributed by atoms with Crippen LogP contribution in [0.3, 0.4) is 0 Å². The van der Waals surface area contributed by atoms with Crippen LogP contribution in [0.2, 0.25) is 5.02 Å². The Hall–Kier alpha value is -2.31. The van der Waals surface area contributed by atoms with E-state index < -0.39 is 0 Å². The van der Waals surface area contributed by atoms with Gasteiger partial charge in [0.2, 0.25) is 0 Å². The van der Waals surface area contributed by atoms with Crippen molar-refractivity contribution < 1.29 is 23.4 Å². The highest BCUT2D eigenvalue weighted by Crippen LogP contribution is 2.16. The minimum absolute atomic E-state index is 0.0484. The van der Waals surface area contributed by atoms with Gasteiger partial charge in [-0.05, 0) is 48.5 Å². The molecule has 2 aromatic rings. The van der Waals surface area contributed by atoms with Crippen molar-refractivity contribution in [2.75, 3.05) is 32.9 Å². The van der Waals surface area contributed by atoms with Gasteiger partial charge in [-0.15, -0.1) is 0 Å². The molecule has 0 aromatic heterocycles. The molecule has 1 fully saturated rings. The molecule has 1 atom stereocenters. The van der Waals surface area contributed by atoms with Gasteiger partial charge in [0.1, 0.15) is 30.0 Å². The highest BCUT2D eigenvalue weighted by Gasteiger charge is 2.25. The van der Waals surface area contributed by atoms with Crippen molar-refractivity contribution in [1.82, 2.24) is 4.90 Å². The number of halogens is 2. The first-order valence-electron chi connectivity index (χ1n) is 8.26. The number of ether oxygens (including phenoxy) is 3. The molecule has 0 spiro atoms. The number of hydrogen-bond acceptors (Lipinski definition) is 4. The summed E-state index contributed by atoms with van der Waals surface area (Å²) in [6.07, 6.45) is -0.242. The van der Waals surface area contributed by atoms with Crippen LogP contribution in [0.15, 0.2) is 48.5 Å². The number of carbonyl (C=O) groups is 1. The van der Waals surface area contributed by atoms with Crippen LogP contribution >= 0.6 is 11.6 Å². The summed E-state index contributed by atoms with van der Waals surface area (Å²) >= 11 is 5.82. The fourth-order valence-corrected chi connectivity index (χ4v) is 2.66. The summed E-state index contributed by atoms with van der Waals surface area (Å²) in [5, 5.41) is 0.612. The predicted molar refractivity (Wildman–Crippen MR) is 95.2 cm³/mol. The van der Waals surface area contributed by atoms with Gasteiger partial charge in [-0.1, -0.05) is 11.6 Å². The topological polar surface area (TPSA) is 48.0 Å². The van der Waals surface area contributed by atoms with E-state index in [4.69, 9.17) is 25.8 Å². The maximum atomic E-state index is 12.9. The van der Waals surface area contributed by atoms with E-state index in [-0.39, 0.29) is 31.0 Å². The van der Waals surface area contributed by atoms with Crippen LogP contribution in [0.5, 0.6) is 11.5 Å². The Labute approximate surface area is 156 Å². The monoisotopic (exact) mass is 379 g/mol. The summed E-state index contributed by atoms with van der Waals surface area (Å²) in [6.45, 7) is 1.60. The van der Waals surface area contributed by atoms with Crippen LogP contribution in [0.25, 0.3) is 0 Å². The van der Waals surface area contributed by atoms with Crippen molar-refractivity contribution >= 4 is 17.5 Å². The molecule has 0 radical (unpaired) electrons.